The van der Waals surface area contributed by atoms with Gasteiger partial charge in [0.25, 0.3) is 0 Å². The van der Waals surface area contributed by atoms with E-state index in [-0.39, 0.29) is 5.78 Å². The molecule has 0 aromatic heterocycles. The zero-order valence-electron chi connectivity index (χ0n) is 10.3. The molecular formula is C16H13BO. The fourth-order valence-corrected chi connectivity index (χ4v) is 1.59. The molecule has 18 heavy (non-hydrogen) atoms. The minimum Gasteiger partial charge on any atom is -0.289 e. The largest absolute Gasteiger partial charge is 0.289 e. The van der Waals surface area contributed by atoms with E-state index in [4.69, 9.17) is 7.85 Å². The molecule has 0 spiro atoms. The van der Waals surface area contributed by atoms with Crippen LogP contribution < -0.4 is 5.46 Å². The van der Waals surface area contributed by atoms with Crippen LogP contribution in [0.3, 0.4) is 0 Å². The molecular weight excluding hydrogens is 219 g/mol. The Morgan fingerprint density at radius 1 is 1.00 bits per heavy atom. The first-order chi connectivity index (χ1) is 8.65. The Kier molecular flexibility index (Phi) is 3.78. The van der Waals surface area contributed by atoms with Crippen molar-refractivity contribution in [3.8, 4) is 0 Å². The summed E-state index contributed by atoms with van der Waals surface area (Å²) in [7, 11) is 5.60. The van der Waals surface area contributed by atoms with Crippen LogP contribution in [0.25, 0.3) is 6.08 Å². The molecule has 0 saturated heterocycles. The quantitative estimate of drug-likeness (QED) is 0.451. The molecule has 0 aliphatic rings. The predicted octanol–water partition coefficient (Wildman–Crippen LogP) is 2.68. The van der Waals surface area contributed by atoms with Crippen molar-refractivity contribution in [1.29, 1.82) is 0 Å². The van der Waals surface area contributed by atoms with Crippen LogP contribution in [0.5, 0.6) is 0 Å². The highest BCUT2D eigenvalue weighted by Crippen LogP contribution is 2.06. The maximum absolute atomic E-state index is 11.9. The van der Waals surface area contributed by atoms with Crippen LogP contribution in [-0.2, 0) is 0 Å². The first-order valence-corrected chi connectivity index (χ1v) is 5.80. The third-order valence-electron chi connectivity index (χ3n) is 2.70. The lowest BCUT2D eigenvalue weighted by molar-refractivity contribution is 0.104. The molecule has 0 aliphatic heterocycles. The Bertz CT molecular complexity index is 565. The molecule has 1 nitrogen and oxygen atoms in total. The molecule has 0 unspecified atom stereocenters. The summed E-state index contributed by atoms with van der Waals surface area (Å²) < 4.78 is 0. The number of benzene rings is 2. The van der Waals surface area contributed by atoms with Gasteiger partial charge in [-0.25, -0.2) is 0 Å². The van der Waals surface area contributed by atoms with Crippen LogP contribution >= 0.6 is 0 Å². The summed E-state index contributed by atoms with van der Waals surface area (Å²) in [6.07, 6.45) is 3.37. The summed E-state index contributed by atoms with van der Waals surface area (Å²) in [5.74, 6) is 0.00632. The van der Waals surface area contributed by atoms with Crippen molar-refractivity contribution in [3.05, 3.63) is 71.3 Å². The molecule has 2 aromatic rings. The molecule has 2 radical (unpaired) electrons. The molecule has 0 atom stereocenters. The van der Waals surface area contributed by atoms with Crippen LogP contribution in [-0.4, -0.2) is 13.6 Å². The number of hydrogen-bond donors (Lipinski definition) is 0. The van der Waals surface area contributed by atoms with Gasteiger partial charge in [0.1, 0.15) is 7.85 Å². The van der Waals surface area contributed by atoms with Crippen LogP contribution in [0.2, 0.25) is 0 Å². The minimum absolute atomic E-state index is 0.00632. The van der Waals surface area contributed by atoms with E-state index in [2.05, 4.69) is 0 Å². The zero-order chi connectivity index (χ0) is 13.0. The van der Waals surface area contributed by atoms with Gasteiger partial charge in [0.2, 0.25) is 0 Å². The van der Waals surface area contributed by atoms with E-state index in [1.807, 2.05) is 55.5 Å². The topological polar surface area (TPSA) is 17.1 Å². The highest BCUT2D eigenvalue weighted by molar-refractivity contribution is 6.32. The summed E-state index contributed by atoms with van der Waals surface area (Å²) in [6.45, 7) is 2.00. The monoisotopic (exact) mass is 232 g/mol. The molecule has 2 heteroatoms. The molecule has 0 saturated carbocycles. The van der Waals surface area contributed by atoms with Crippen LogP contribution in [0.15, 0.2) is 54.6 Å². The minimum atomic E-state index is 0.00632. The number of allylic oxidation sites excluding steroid dienone is 1. The zero-order valence-corrected chi connectivity index (χ0v) is 10.3. The molecule has 0 fully saturated rings. The van der Waals surface area contributed by atoms with Gasteiger partial charge in [-0.2, -0.15) is 0 Å². The lowest BCUT2D eigenvalue weighted by Crippen LogP contribution is -1.99. The second kappa shape index (κ2) is 5.50. The van der Waals surface area contributed by atoms with Gasteiger partial charge in [0.05, 0.1) is 0 Å². The van der Waals surface area contributed by atoms with Crippen molar-refractivity contribution in [2.24, 2.45) is 0 Å². The molecule has 0 bridgehead atoms. The maximum atomic E-state index is 11.9. The third-order valence-corrected chi connectivity index (χ3v) is 2.70. The summed E-state index contributed by atoms with van der Waals surface area (Å²) in [4.78, 5) is 11.9. The van der Waals surface area contributed by atoms with E-state index in [1.165, 1.54) is 0 Å². The van der Waals surface area contributed by atoms with Crippen LogP contribution in [0.4, 0.5) is 0 Å². The number of carbonyl (C=O) groups excluding carboxylic acids is 1. The van der Waals surface area contributed by atoms with E-state index in [0.29, 0.717) is 5.56 Å². The number of ketones is 1. The van der Waals surface area contributed by atoms with Gasteiger partial charge in [0.15, 0.2) is 5.78 Å². The summed E-state index contributed by atoms with van der Waals surface area (Å²) in [6, 6.07) is 14.9. The van der Waals surface area contributed by atoms with Crippen molar-refractivity contribution in [2.45, 2.75) is 6.92 Å². The van der Waals surface area contributed by atoms with E-state index in [1.54, 1.807) is 12.2 Å². The first-order valence-electron chi connectivity index (χ1n) is 5.80. The van der Waals surface area contributed by atoms with E-state index in [9.17, 15) is 4.79 Å². The Hall–Kier alpha value is -2.09. The highest BCUT2D eigenvalue weighted by Gasteiger charge is 2.00. The Balaban J connectivity index is 2.11. The molecule has 0 aliphatic carbocycles. The molecule has 0 heterocycles. The van der Waals surface area contributed by atoms with E-state index >= 15 is 0 Å². The fourth-order valence-electron chi connectivity index (χ4n) is 1.59. The van der Waals surface area contributed by atoms with Gasteiger partial charge in [-0.3, -0.25) is 4.79 Å². The average Bonchev–Trinajstić information content (AvgIpc) is 2.38. The molecule has 0 N–H and O–H groups in total. The molecule has 2 aromatic carbocycles. The SMILES string of the molecule is [B]c1ccc(/C=C/C(=O)c2ccc(C)cc2)cc1. The van der Waals surface area contributed by atoms with Gasteiger partial charge >= 0.3 is 0 Å². The van der Waals surface area contributed by atoms with Gasteiger partial charge in [-0.1, -0.05) is 65.6 Å². The summed E-state index contributed by atoms with van der Waals surface area (Å²) in [5, 5.41) is 0. The average molecular weight is 232 g/mol. The van der Waals surface area contributed by atoms with Gasteiger partial charge in [0, 0.05) is 5.56 Å². The maximum Gasteiger partial charge on any atom is 0.185 e. The van der Waals surface area contributed by atoms with Gasteiger partial charge < -0.3 is 0 Å². The smallest absolute Gasteiger partial charge is 0.185 e. The second-order valence-electron chi connectivity index (χ2n) is 4.23. The lowest BCUT2D eigenvalue weighted by Gasteiger charge is -1.97. The second-order valence-corrected chi connectivity index (χ2v) is 4.23. The molecule has 2 rings (SSSR count). The van der Waals surface area contributed by atoms with Crippen molar-refractivity contribution in [1.82, 2.24) is 0 Å². The predicted molar refractivity (Wildman–Crippen MR) is 76.4 cm³/mol. The van der Waals surface area contributed by atoms with Crippen molar-refractivity contribution in [3.63, 3.8) is 0 Å². The standard InChI is InChI=1S/C16H13BO/c1-12-2-7-14(8-3-12)16(18)11-6-13-4-9-15(17)10-5-13/h2-11H,1H3/b11-6+. The van der Waals surface area contributed by atoms with Gasteiger partial charge in [-0.15, -0.1) is 0 Å². The molecule has 86 valence electrons. The number of hydrogen-bond acceptors (Lipinski definition) is 1. The normalized spacial score (nSPS) is 10.7. The van der Waals surface area contributed by atoms with Crippen molar-refractivity contribution >= 4 is 25.2 Å². The highest BCUT2D eigenvalue weighted by atomic mass is 16.1. The lowest BCUT2D eigenvalue weighted by atomic mass is 9.95. The van der Waals surface area contributed by atoms with Gasteiger partial charge in [-0.05, 0) is 18.6 Å². The summed E-state index contributed by atoms with van der Waals surface area (Å²) >= 11 is 0. The Morgan fingerprint density at radius 2 is 1.61 bits per heavy atom. The fraction of sp³-hybridized carbons (Fsp3) is 0.0625. The van der Waals surface area contributed by atoms with E-state index < -0.39 is 0 Å². The molecule has 0 amide bonds. The van der Waals surface area contributed by atoms with Crippen molar-refractivity contribution in [2.75, 3.05) is 0 Å². The first kappa shape index (κ1) is 12.4. The number of carbonyl (C=O) groups is 1. The Labute approximate surface area is 109 Å². The summed E-state index contributed by atoms with van der Waals surface area (Å²) in [5.41, 5.74) is 3.53. The third kappa shape index (κ3) is 3.20. The Morgan fingerprint density at radius 3 is 2.22 bits per heavy atom. The number of rotatable bonds is 3. The number of aryl methyl sites for hydroxylation is 1. The van der Waals surface area contributed by atoms with E-state index in [0.717, 1.165) is 16.6 Å². The van der Waals surface area contributed by atoms with Crippen LogP contribution in [0.1, 0.15) is 21.5 Å². The van der Waals surface area contributed by atoms with Crippen LogP contribution in [0, 0.1) is 6.92 Å². The van der Waals surface area contributed by atoms with Crippen molar-refractivity contribution < 1.29 is 4.79 Å².